The Hall–Kier alpha value is -2.89. The molecule has 1 amide bonds. The minimum absolute atomic E-state index is 0.295. The van der Waals surface area contributed by atoms with Crippen molar-refractivity contribution in [3.8, 4) is 5.75 Å². The predicted molar refractivity (Wildman–Crippen MR) is 92.0 cm³/mol. The molecule has 2 aromatic rings. The summed E-state index contributed by atoms with van der Waals surface area (Å²) in [6.07, 6.45) is -0.999. The molecule has 0 aliphatic carbocycles. The summed E-state index contributed by atoms with van der Waals surface area (Å²) >= 11 is 0. The number of amides is 1. The molecular weight excluding hydrogens is 325 g/mol. The van der Waals surface area contributed by atoms with Crippen molar-refractivity contribution >= 4 is 17.6 Å². The third-order valence-corrected chi connectivity index (χ3v) is 3.62. The van der Waals surface area contributed by atoms with Gasteiger partial charge in [-0.2, -0.15) is 0 Å². The Morgan fingerprint density at radius 3 is 2.40 bits per heavy atom. The van der Waals surface area contributed by atoms with E-state index in [1.807, 2.05) is 26.0 Å². The summed E-state index contributed by atoms with van der Waals surface area (Å²) in [5.41, 5.74) is 2.60. The lowest BCUT2D eigenvalue weighted by molar-refractivity contribution is -0.155. The van der Waals surface area contributed by atoms with Gasteiger partial charge in [0.2, 0.25) is 0 Å². The van der Waals surface area contributed by atoms with Crippen LogP contribution in [0.3, 0.4) is 0 Å². The van der Waals surface area contributed by atoms with Crippen LogP contribution in [-0.4, -0.2) is 24.6 Å². The Balaban J connectivity index is 1.81. The lowest BCUT2D eigenvalue weighted by atomic mass is 10.1. The second-order valence-corrected chi connectivity index (χ2v) is 5.66. The van der Waals surface area contributed by atoms with Gasteiger partial charge in [-0.15, -0.1) is 0 Å². The number of nitrogens with one attached hydrogen (secondary N) is 1. The van der Waals surface area contributed by atoms with Crippen molar-refractivity contribution in [2.24, 2.45) is 0 Å². The van der Waals surface area contributed by atoms with Crippen LogP contribution in [0.1, 0.15) is 18.1 Å². The topological polar surface area (TPSA) is 64.6 Å². The number of hydrogen-bond acceptors (Lipinski definition) is 4. The highest BCUT2D eigenvalue weighted by atomic mass is 19.1. The molecule has 1 atom stereocenters. The van der Waals surface area contributed by atoms with Crippen LogP contribution in [0, 0.1) is 19.7 Å². The van der Waals surface area contributed by atoms with E-state index < -0.39 is 23.8 Å². The first kappa shape index (κ1) is 18.4. The molecule has 0 heterocycles. The molecule has 1 N–H and O–H groups in total. The van der Waals surface area contributed by atoms with Crippen LogP contribution in [-0.2, 0) is 14.3 Å². The zero-order chi connectivity index (χ0) is 18.4. The van der Waals surface area contributed by atoms with Crippen molar-refractivity contribution in [2.45, 2.75) is 26.9 Å². The Morgan fingerprint density at radius 2 is 1.76 bits per heavy atom. The fraction of sp³-hybridized carbons (Fsp3) is 0.263. The second-order valence-electron chi connectivity index (χ2n) is 5.66. The van der Waals surface area contributed by atoms with Crippen LogP contribution in [0.5, 0.6) is 5.75 Å². The number of carbonyl (C=O) groups excluding carboxylic acids is 2. The summed E-state index contributed by atoms with van der Waals surface area (Å²) in [4.78, 5) is 23.8. The van der Waals surface area contributed by atoms with E-state index in [9.17, 15) is 14.0 Å². The number of carbonyl (C=O) groups is 2. The quantitative estimate of drug-likeness (QED) is 0.815. The van der Waals surface area contributed by atoms with Crippen LogP contribution in [0.25, 0.3) is 0 Å². The summed E-state index contributed by atoms with van der Waals surface area (Å²) in [7, 11) is 0. The smallest absolute Gasteiger partial charge is 0.344 e. The Bertz CT molecular complexity index is 759. The van der Waals surface area contributed by atoms with E-state index in [4.69, 9.17) is 9.47 Å². The number of anilines is 1. The third-order valence-electron chi connectivity index (χ3n) is 3.62. The number of halogens is 1. The molecule has 0 bridgehead atoms. The number of esters is 1. The zero-order valence-corrected chi connectivity index (χ0v) is 14.3. The van der Waals surface area contributed by atoms with Crippen molar-refractivity contribution in [1.29, 1.82) is 0 Å². The SMILES string of the molecule is Cc1ccc(OCC(=O)O[C@H](C)C(=O)Nc2ccc(F)cc2)cc1C. The average Bonchev–Trinajstić information content (AvgIpc) is 2.58. The number of benzene rings is 2. The maximum absolute atomic E-state index is 12.8. The van der Waals surface area contributed by atoms with Gasteiger partial charge in [-0.3, -0.25) is 4.79 Å². The minimum Gasteiger partial charge on any atom is -0.482 e. The monoisotopic (exact) mass is 345 g/mol. The summed E-state index contributed by atoms with van der Waals surface area (Å²) in [5.74, 6) is -1.00. The number of rotatable bonds is 6. The van der Waals surface area contributed by atoms with Gasteiger partial charge < -0.3 is 14.8 Å². The lowest BCUT2D eigenvalue weighted by Crippen LogP contribution is -2.31. The maximum Gasteiger partial charge on any atom is 0.344 e. The first-order valence-corrected chi connectivity index (χ1v) is 7.81. The van der Waals surface area contributed by atoms with Crippen LogP contribution >= 0.6 is 0 Å². The van der Waals surface area contributed by atoms with E-state index in [1.165, 1.54) is 31.2 Å². The van der Waals surface area contributed by atoms with Gasteiger partial charge in [0.1, 0.15) is 11.6 Å². The van der Waals surface area contributed by atoms with Crippen LogP contribution in [0.15, 0.2) is 42.5 Å². The van der Waals surface area contributed by atoms with Gasteiger partial charge in [-0.05, 0) is 68.3 Å². The highest BCUT2D eigenvalue weighted by Crippen LogP contribution is 2.16. The van der Waals surface area contributed by atoms with Gasteiger partial charge in [0.15, 0.2) is 12.7 Å². The van der Waals surface area contributed by atoms with Crippen LogP contribution in [0.2, 0.25) is 0 Å². The Morgan fingerprint density at radius 1 is 1.08 bits per heavy atom. The number of hydrogen-bond donors (Lipinski definition) is 1. The van der Waals surface area contributed by atoms with E-state index in [0.29, 0.717) is 11.4 Å². The highest BCUT2D eigenvalue weighted by Gasteiger charge is 2.18. The molecule has 0 radical (unpaired) electrons. The molecule has 0 saturated heterocycles. The summed E-state index contributed by atoms with van der Waals surface area (Å²) in [6, 6.07) is 10.8. The third kappa shape index (κ3) is 5.60. The first-order valence-electron chi connectivity index (χ1n) is 7.81. The Labute approximate surface area is 145 Å². The maximum atomic E-state index is 12.8. The standard InChI is InChI=1S/C19H20FNO4/c1-12-4-9-17(10-13(12)2)24-11-18(22)25-14(3)19(23)21-16-7-5-15(20)6-8-16/h4-10,14H,11H2,1-3H3,(H,21,23)/t14-/m1/s1. The number of ether oxygens (including phenoxy) is 2. The molecule has 6 heteroatoms. The molecule has 0 spiro atoms. The normalized spacial score (nSPS) is 11.5. The molecule has 2 aromatic carbocycles. The second kappa shape index (κ2) is 8.28. The zero-order valence-electron chi connectivity index (χ0n) is 14.3. The van der Waals surface area contributed by atoms with E-state index in [2.05, 4.69) is 5.32 Å². The van der Waals surface area contributed by atoms with Crippen molar-refractivity contribution in [1.82, 2.24) is 0 Å². The summed E-state index contributed by atoms with van der Waals surface area (Å²) in [6.45, 7) is 5.08. The fourth-order valence-corrected chi connectivity index (χ4v) is 2.01. The van der Waals surface area contributed by atoms with Gasteiger partial charge in [0.05, 0.1) is 0 Å². The van der Waals surface area contributed by atoms with Crippen molar-refractivity contribution < 1.29 is 23.5 Å². The molecule has 0 saturated carbocycles. The molecular formula is C19H20FNO4. The summed E-state index contributed by atoms with van der Waals surface area (Å²) in [5, 5.41) is 2.54. The molecule has 0 aliphatic rings. The van der Waals surface area contributed by atoms with Gasteiger partial charge >= 0.3 is 5.97 Å². The molecule has 0 unspecified atom stereocenters. The van der Waals surface area contributed by atoms with Crippen LogP contribution < -0.4 is 10.1 Å². The van der Waals surface area contributed by atoms with Crippen LogP contribution in [0.4, 0.5) is 10.1 Å². The van der Waals surface area contributed by atoms with E-state index in [0.717, 1.165) is 11.1 Å². The van der Waals surface area contributed by atoms with Crippen molar-refractivity contribution in [3.05, 3.63) is 59.4 Å². The minimum atomic E-state index is -0.999. The van der Waals surface area contributed by atoms with E-state index in [-0.39, 0.29) is 6.61 Å². The molecule has 132 valence electrons. The average molecular weight is 345 g/mol. The van der Waals surface area contributed by atoms with E-state index >= 15 is 0 Å². The van der Waals surface area contributed by atoms with Crippen molar-refractivity contribution in [2.75, 3.05) is 11.9 Å². The fourth-order valence-electron chi connectivity index (χ4n) is 2.01. The van der Waals surface area contributed by atoms with Gasteiger partial charge in [0.25, 0.3) is 5.91 Å². The highest BCUT2D eigenvalue weighted by molar-refractivity contribution is 5.95. The number of aryl methyl sites for hydroxylation is 2. The molecule has 0 aromatic heterocycles. The van der Waals surface area contributed by atoms with Gasteiger partial charge in [-0.1, -0.05) is 6.07 Å². The molecule has 2 rings (SSSR count). The molecule has 25 heavy (non-hydrogen) atoms. The molecule has 0 aliphatic heterocycles. The largest absolute Gasteiger partial charge is 0.482 e. The predicted octanol–water partition coefficient (Wildman–Crippen LogP) is 3.39. The van der Waals surface area contributed by atoms with Crippen molar-refractivity contribution in [3.63, 3.8) is 0 Å². The Kier molecular flexibility index (Phi) is 6.11. The van der Waals surface area contributed by atoms with Gasteiger partial charge in [-0.25, -0.2) is 9.18 Å². The molecule has 5 nitrogen and oxygen atoms in total. The van der Waals surface area contributed by atoms with E-state index in [1.54, 1.807) is 6.07 Å². The van der Waals surface area contributed by atoms with Gasteiger partial charge in [0, 0.05) is 5.69 Å². The lowest BCUT2D eigenvalue weighted by Gasteiger charge is -2.14. The summed E-state index contributed by atoms with van der Waals surface area (Å²) < 4.78 is 23.2. The first-order chi connectivity index (χ1) is 11.8. The molecule has 0 fully saturated rings.